The fourth-order valence-electron chi connectivity index (χ4n) is 1.70. The van der Waals surface area contributed by atoms with E-state index in [4.69, 9.17) is 5.11 Å². The highest BCUT2D eigenvalue weighted by atomic mass is 32.2. The first-order valence-corrected chi connectivity index (χ1v) is 7.99. The van der Waals surface area contributed by atoms with Crippen LogP contribution in [-0.4, -0.2) is 32.9 Å². The Hall–Kier alpha value is -1.07. The Bertz CT molecular complexity index is 483. The molecular formula is C13H21NO3S. The van der Waals surface area contributed by atoms with Gasteiger partial charge in [-0.1, -0.05) is 0 Å². The summed E-state index contributed by atoms with van der Waals surface area (Å²) in [4.78, 5) is 0.353. The predicted octanol–water partition coefficient (Wildman–Crippen LogP) is 1.97. The van der Waals surface area contributed by atoms with Crippen LogP contribution in [0.1, 0.15) is 24.8 Å². The van der Waals surface area contributed by atoms with Crippen molar-refractivity contribution >= 4 is 15.5 Å². The maximum absolute atomic E-state index is 11.4. The van der Waals surface area contributed by atoms with Gasteiger partial charge in [0, 0.05) is 25.1 Å². The Morgan fingerprint density at radius 3 is 2.50 bits per heavy atom. The van der Waals surface area contributed by atoms with Gasteiger partial charge in [-0.25, -0.2) is 8.42 Å². The molecule has 0 fully saturated rings. The van der Waals surface area contributed by atoms with Gasteiger partial charge in [0.05, 0.1) is 4.90 Å². The van der Waals surface area contributed by atoms with E-state index in [2.05, 4.69) is 5.32 Å². The number of rotatable bonds is 7. The van der Waals surface area contributed by atoms with Crippen LogP contribution in [0.2, 0.25) is 0 Å². The van der Waals surface area contributed by atoms with Gasteiger partial charge >= 0.3 is 0 Å². The lowest BCUT2D eigenvalue weighted by atomic mass is 10.2. The van der Waals surface area contributed by atoms with Crippen molar-refractivity contribution in [3.8, 4) is 0 Å². The summed E-state index contributed by atoms with van der Waals surface area (Å²) in [7, 11) is -3.13. The van der Waals surface area contributed by atoms with Crippen LogP contribution in [0.3, 0.4) is 0 Å². The molecule has 0 atom stereocenters. The monoisotopic (exact) mass is 271 g/mol. The summed E-state index contributed by atoms with van der Waals surface area (Å²) in [5, 5.41) is 11.9. The van der Waals surface area contributed by atoms with E-state index in [1.165, 1.54) is 6.26 Å². The van der Waals surface area contributed by atoms with Gasteiger partial charge in [-0.3, -0.25) is 0 Å². The lowest BCUT2D eigenvalue weighted by Gasteiger charge is -2.10. The number of hydrogen-bond donors (Lipinski definition) is 2. The molecule has 102 valence electrons. The summed E-state index contributed by atoms with van der Waals surface area (Å²) < 4.78 is 22.8. The van der Waals surface area contributed by atoms with Crippen LogP contribution in [0.4, 0.5) is 5.69 Å². The third-order valence-corrected chi connectivity index (χ3v) is 3.89. The first-order chi connectivity index (χ1) is 8.45. The van der Waals surface area contributed by atoms with Gasteiger partial charge in [-0.2, -0.15) is 0 Å². The average Bonchev–Trinajstić information content (AvgIpc) is 2.29. The molecule has 0 saturated heterocycles. The highest BCUT2D eigenvalue weighted by molar-refractivity contribution is 7.90. The quantitative estimate of drug-likeness (QED) is 0.744. The number of aliphatic hydroxyl groups is 1. The van der Waals surface area contributed by atoms with E-state index in [0.29, 0.717) is 4.90 Å². The number of sulfone groups is 1. The van der Waals surface area contributed by atoms with Crippen LogP contribution in [0.5, 0.6) is 0 Å². The maximum Gasteiger partial charge on any atom is 0.175 e. The third-order valence-electron chi connectivity index (χ3n) is 2.78. The predicted molar refractivity (Wildman–Crippen MR) is 73.7 cm³/mol. The second-order valence-corrected chi connectivity index (χ2v) is 6.48. The van der Waals surface area contributed by atoms with Crippen LogP contribution in [0.15, 0.2) is 23.1 Å². The second kappa shape index (κ2) is 6.75. The number of nitrogens with one attached hydrogen (secondary N) is 1. The Balaban J connectivity index is 2.58. The number of hydrogen-bond acceptors (Lipinski definition) is 4. The Kier molecular flexibility index (Phi) is 5.62. The summed E-state index contributed by atoms with van der Waals surface area (Å²) >= 11 is 0. The lowest BCUT2D eigenvalue weighted by molar-refractivity contribution is 0.283. The molecule has 0 heterocycles. The SMILES string of the molecule is Cc1cc(S(C)(=O)=O)ccc1NCCCCCO. The molecule has 0 spiro atoms. The van der Waals surface area contributed by atoms with Crippen LogP contribution in [-0.2, 0) is 9.84 Å². The van der Waals surface area contributed by atoms with Gasteiger partial charge in [0.1, 0.15) is 0 Å². The zero-order chi connectivity index (χ0) is 13.6. The number of anilines is 1. The molecule has 5 heteroatoms. The minimum absolute atomic E-state index is 0.238. The first-order valence-electron chi connectivity index (χ1n) is 6.10. The van der Waals surface area contributed by atoms with Crippen molar-refractivity contribution in [2.45, 2.75) is 31.1 Å². The molecule has 0 aromatic heterocycles. The molecule has 1 aromatic rings. The molecule has 0 aliphatic heterocycles. The van der Waals surface area contributed by atoms with Crippen molar-refractivity contribution in [2.24, 2.45) is 0 Å². The Labute approximate surface area is 109 Å². The largest absolute Gasteiger partial charge is 0.396 e. The number of aryl methyl sites for hydroxylation is 1. The van der Waals surface area contributed by atoms with E-state index in [-0.39, 0.29) is 6.61 Å². The van der Waals surface area contributed by atoms with Crippen molar-refractivity contribution in [3.63, 3.8) is 0 Å². The van der Waals surface area contributed by atoms with Gasteiger partial charge in [0.25, 0.3) is 0 Å². The zero-order valence-corrected chi connectivity index (χ0v) is 11.8. The number of benzene rings is 1. The van der Waals surface area contributed by atoms with Gasteiger partial charge in [-0.15, -0.1) is 0 Å². The van der Waals surface area contributed by atoms with Gasteiger partial charge in [-0.05, 0) is 49.9 Å². The average molecular weight is 271 g/mol. The second-order valence-electron chi connectivity index (χ2n) is 4.46. The molecule has 0 unspecified atom stereocenters. The van der Waals surface area contributed by atoms with Crippen LogP contribution in [0.25, 0.3) is 0 Å². The molecule has 0 radical (unpaired) electrons. The summed E-state index contributed by atoms with van der Waals surface area (Å²) in [6, 6.07) is 5.11. The van der Waals surface area contributed by atoms with Crippen LogP contribution >= 0.6 is 0 Å². The third kappa shape index (κ3) is 4.66. The van der Waals surface area contributed by atoms with Gasteiger partial charge in [0.2, 0.25) is 0 Å². The van der Waals surface area contributed by atoms with Crippen molar-refractivity contribution in [1.29, 1.82) is 0 Å². The summed E-state index contributed by atoms with van der Waals surface area (Å²) in [6.07, 6.45) is 4.02. The summed E-state index contributed by atoms with van der Waals surface area (Å²) in [6.45, 7) is 2.96. The summed E-state index contributed by atoms with van der Waals surface area (Å²) in [5.74, 6) is 0. The number of unbranched alkanes of at least 4 members (excludes halogenated alkanes) is 2. The molecule has 4 nitrogen and oxygen atoms in total. The molecule has 1 aromatic carbocycles. The fraction of sp³-hybridized carbons (Fsp3) is 0.538. The van der Waals surface area contributed by atoms with Crippen LogP contribution in [0, 0.1) is 6.92 Å². The standard InChI is InChI=1S/C13H21NO3S/c1-11-10-12(18(2,16)17)6-7-13(11)14-8-4-3-5-9-15/h6-7,10,14-15H,3-5,8-9H2,1-2H3. The molecule has 0 bridgehead atoms. The summed E-state index contributed by atoms with van der Waals surface area (Å²) in [5.41, 5.74) is 1.89. The van der Waals surface area contributed by atoms with E-state index in [9.17, 15) is 8.42 Å². The fourth-order valence-corrected chi connectivity index (χ4v) is 2.41. The van der Waals surface area contributed by atoms with Crippen molar-refractivity contribution in [3.05, 3.63) is 23.8 Å². The normalized spacial score (nSPS) is 11.5. The van der Waals surface area contributed by atoms with E-state index in [0.717, 1.165) is 37.1 Å². The number of aliphatic hydroxyl groups excluding tert-OH is 1. The Morgan fingerprint density at radius 1 is 1.22 bits per heavy atom. The molecule has 0 aliphatic rings. The molecular weight excluding hydrogens is 250 g/mol. The minimum atomic E-state index is -3.13. The smallest absolute Gasteiger partial charge is 0.175 e. The first kappa shape index (κ1) is 15.0. The van der Waals surface area contributed by atoms with Gasteiger partial charge < -0.3 is 10.4 Å². The maximum atomic E-state index is 11.4. The highest BCUT2D eigenvalue weighted by Gasteiger charge is 2.08. The lowest BCUT2D eigenvalue weighted by Crippen LogP contribution is -2.05. The molecule has 0 aliphatic carbocycles. The van der Waals surface area contributed by atoms with Crippen molar-refractivity contribution in [2.75, 3.05) is 24.7 Å². The van der Waals surface area contributed by atoms with E-state index < -0.39 is 9.84 Å². The highest BCUT2D eigenvalue weighted by Crippen LogP contribution is 2.19. The van der Waals surface area contributed by atoms with Gasteiger partial charge in [0.15, 0.2) is 9.84 Å². The molecule has 0 saturated carbocycles. The molecule has 2 N–H and O–H groups in total. The molecule has 18 heavy (non-hydrogen) atoms. The van der Waals surface area contributed by atoms with E-state index in [1.54, 1.807) is 18.2 Å². The molecule has 0 amide bonds. The van der Waals surface area contributed by atoms with Crippen LogP contribution < -0.4 is 5.32 Å². The molecule has 1 rings (SSSR count). The zero-order valence-electron chi connectivity index (χ0n) is 10.9. The topological polar surface area (TPSA) is 66.4 Å². The van der Waals surface area contributed by atoms with Crippen molar-refractivity contribution < 1.29 is 13.5 Å². The van der Waals surface area contributed by atoms with E-state index in [1.807, 2.05) is 6.92 Å². The van der Waals surface area contributed by atoms with Crippen molar-refractivity contribution in [1.82, 2.24) is 0 Å². The Morgan fingerprint density at radius 2 is 1.94 bits per heavy atom. The minimum Gasteiger partial charge on any atom is -0.396 e. The van der Waals surface area contributed by atoms with E-state index >= 15 is 0 Å².